The van der Waals surface area contributed by atoms with Gasteiger partial charge in [-0.25, -0.2) is 0 Å². The zero-order valence-corrected chi connectivity index (χ0v) is 15.1. The van der Waals surface area contributed by atoms with Crippen LogP contribution in [0.25, 0.3) is 0 Å². The van der Waals surface area contributed by atoms with Crippen molar-refractivity contribution < 1.29 is 14.3 Å². The molecule has 0 aliphatic carbocycles. The molecule has 0 radical (unpaired) electrons. The van der Waals surface area contributed by atoms with E-state index in [9.17, 15) is 4.79 Å². The molecule has 0 saturated heterocycles. The van der Waals surface area contributed by atoms with Crippen LogP contribution in [0.3, 0.4) is 0 Å². The number of carbonyl (C=O) groups is 1. The topological polar surface area (TPSA) is 84.0 Å². The molecule has 26 heavy (non-hydrogen) atoms. The van der Waals surface area contributed by atoms with Gasteiger partial charge < -0.3 is 9.47 Å². The highest BCUT2D eigenvalue weighted by Gasteiger charge is 2.22. The molecule has 2 rings (SSSR count). The fraction of sp³-hybridized carbons (Fsp3) is 0.300. The summed E-state index contributed by atoms with van der Waals surface area (Å²) in [6.45, 7) is 5.91. The van der Waals surface area contributed by atoms with Crippen molar-refractivity contribution in [1.82, 2.24) is 0 Å². The quantitative estimate of drug-likeness (QED) is 0.419. The second kappa shape index (κ2) is 8.77. The van der Waals surface area contributed by atoms with Gasteiger partial charge in [0.2, 0.25) is 0 Å². The summed E-state index contributed by atoms with van der Waals surface area (Å²) < 4.78 is 10.7. The molecule has 0 bridgehead atoms. The van der Waals surface area contributed by atoms with Crippen molar-refractivity contribution in [3.8, 4) is 11.8 Å². The van der Waals surface area contributed by atoms with Crippen LogP contribution in [0.4, 0.5) is 11.4 Å². The van der Waals surface area contributed by atoms with Crippen LogP contribution in [0.1, 0.15) is 26.3 Å². The fourth-order valence-electron chi connectivity index (χ4n) is 1.84. The summed E-state index contributed by atoms with van der Waals surface area (Å²) in [6.07, 6.45) is 0. The minimum Gasteiger partial charge on any atom is -0.490 e. The van der Waals surface area contributed by atoms with Crippen LogP contribution >= 0.6 is 0 Å². The Morgan fingerprint density at radius 1 is 0.962 bits per heavy atom. The van der Waals surface area contributed by atoms with Crippen molar-refractivity contribution >= 4 is 17.3 Å². The van der Waals surface area contributed by atoms with Crippen LogP contribution in [-0.2, 0) is 9.53 Å². The zero-order valence-electron chi connectivity index (χ0n) is 15.1. The number of benzene rings is 2. The lowest BCUT2D eigenvalue weighted by Gasteiger charge is -2.16. The van der Waals surface area contributed by atoms with Gasteiger partial charge in [0.15, 0.2) is 0 Å². The smallest absolute Gasteiger partial charge is 0.311 e. The Morgan fingerprint density at radius 2 is 1.50 bits per heavy atom. The van der Waals surface area contributed by atoms with Crippen molar-refractivity contribution in [3.63, 3.8) is 0 Å². The number of hydrogen-bond acceptors (Lipinski definition) is 6. The maximum atomic E-state index is 11.6. The molecule has 6 heteroatoms. The van der Waals surface area contributed by atoms with Crippen molar-refractivity contribution in [1.29, 1.82) is 5.26 Å². The van der Waals surface area contributed by atoms with E-state index in [-0.39, 0.29) is 19.2 Å². The first-order valence-corrected chi connectivity index (χ1v) is 8.20. The van der Waals surface area contributed by atoms with Crippen LogP contribution in [-0.4, -0.2) is 19.2 Å². The molecule has 0 aromatic heterocycles. The number of rotatable bonds is 6. The average Bonchev–Trinajstić information content (AvgIpc) is 2.64. The predicted molar refractivity (Wildman–Crippen MR) is 97.7 cm³/mol. The molecule has 0 heterocycles. The number of azo groups is 1. The van der Waals surface area contributed by atoms with E-state index in [0.717, 1.165) is 0 Å². The lowest BCUT2D eigenvalue weighted by Crippen LogP contribution is -2.24. The molecule has 0 atom stereocenters. The summed E-state index contributed by atoms with van der Waals surface area (Å²) in [6, 6.07) is 16.0. The molecular weight excluding hydrogens is 330 g/mol. The van der Waals surface area contributed by atoms with Gasteiger partial charge in [-0.2, -0.15) is 15.5 Å². The van der Waals surface area contributed by atoms with Crippen LogP contribution < -0.4 is 4.74 Å². The monoisotopic (exact) mass is 351 g/mol. The van der Waals surface area contributed by atoms with Crippen LogP contribution in [0.15, 0.2) is 58.8 Å². The van der Waals surface area contributed by atoms with Crippen molar-refractivity contribution in [3.05, 3.63) is 54.1 Å². The minimum absolute atomic E-state index is 0.205. The largest absolute Gasteiger partial charge is 0.490 e. The summed E-state index contributed by atoms with van der Waals surface area (Å²) in [7, 11) is 0. The number of nitriles is 1. The molecule has 6 nitrogen and oxygen atoms in total. The Hall–Kier alpha value is -3.20. The van der Waals surface area contributed by atoms with Crippen molar-refractivity contribution in [2.75, 3.05) is 13.2 Å². The van der Waals surface area contributed by atoms with E-state index in [0.29, 0.717) is 22.7 Å². The van der Waals surface area contributed by atoms with Gasteiger partial charge in [0.05, 0.1) is 28.4 Å². The summed E-state index contributed by atoms with van der Waals surface area (Å²) in [5.74, 6) is 0.411. The molecular formula is C20H21N3O3. The first-order chi connectivity index (χ1) is 12.4. The molecule has 134 valence electrons. The molecule has 0 fully saturated rings. The molecule has 0 aliphatic rings. The lowest BCUT2D eigenvalue weighted by atomic mass is 9.97. The van der Waals surface area contributed by atoms with Gasteiger partial charge in [0.25, 0.3) is 0 Å². The van der Waals surface area contributed by atoms with Gasteiger partial charge in [0.1, 0.15) is 19.0 Å². The lowest BCUT2D eigenvalue weighted by molar-refractivity contribution is -0.153. The van der Waals surface area contributed by atoms with Gasteiger partial charge in [-0.05, 0) is 69.3 Å². The van der Waals surface area contributed by atoms with Gasteiger partial charge in [-0.3, -0.25) is 4.79 Å². The molecule has 0 spiro atoms. The predicted octanol–water partition coefficient (Wildman–Crippen LogP) is 4.94. The van der Waals surface area contributed by atoms with Crippen LogP contribution in [0.5, 0.6) is 5.75 Å². The average molecular weight is 351 g/mol. The zero-order chi connectivity index (χ0) is 19.0. The molecule has 0 saturated carbocycles. The summed E-state index contributed by atoms with van der Waals surface area (Å²) >= 11 is 0. The third kappa shape index (κ3) is 6.02. The minimum atomic E-state index is -0.512. The highest BCUT2D eigenvalue weighted by Crippen LogP contribution is 2.21. The molecule has 0 N–H and O–H groups in total. The Morgan fingerprint density at radius 3 is 2.00 bits per heavy atom. The Bertz CT molecular complexity index is 798. The second-order valence-corrected chi connectivity index (χ2v) is 6.59. The van der Waals surface area contributed by atoms with Crippen LogP contribution in [0, 0.1) is 16.7 Å². The van der Waals surface area contributed by atoms with E-state index in [1.807, 2.05) is 0 Å². The molecule has 0 aliphatic heterocycles. The van der Waals surface area contributed by atoms with E-state index >= 15 is 0 Å². The highest BCUT2D eigenvalue weighted by atomic mass is 16.6. The van der Waals surface area contributed by atoms with E-state index in [1.165, 1.54) is 0 Å². The van der Waals surface area contributed by atoms with Gasteiger partial charge in [-0.15, -0.1) is 0 Å². The van der Waals surface area contributed by atoms with Crippen LogP contribution in [0.2, 0.25) is 0 Å². The Kier molecular flexibility index (Phi) is 6.45. The van der Waals surface area contributed by atoms with Crippen molar-refractivity contribution in [2.24, 2.45) is 15.6 Å². The molecule has 0 amide bonds. The number of hydrogen-bond donors (Lipinski definition) is 0. The van der Waals surface area contributed by atoms with E-state index in [2.05, 4.69) is 16.3 Å². The number of ether oxygens (including phenoxy) is 2. The normalized spacial score (nSPS) is 11.2. The summed E-state index contributed by atoms with van der Waals surface area (Å²) in [4.78, 5) is 11.6. The summed E-state index contributed by atoms with van der Waals surface area (Å²) in [5, 5.41) is 17.0. The first-order valence-electron chi connectivity index (χ1n) is 8.20. The van der Waals surface area contributed by atoms with Gasteiger partial charge in [-0.1, -0.05) is 0 Å². The SMILES string of the molecule is CC(C)(C)C(=O)OCCOc1ccc(/N=N/c2ccc(C#N)cc2)cc1. The Labute approximate surface area is 153 Å². The summed E-state index contributed by atoms with van der Waals surface area (Å²) in [5.41, 5.74) is 1.42. The van der Waals surface area contributed by atoms with E-state index < -0.39 is 5.41 Å². The van der Waals surface area contributed by atoms with E-state index in [1.54, 1.807) is 69.3 Å². The molecule has 2 aromatic rings. The molecule has 0 unspecified atom stereocenters. The van der Waals surface area contributed by atoms with E-state index in [4.69, 9.17) is 14.7 Å². The maximum absolute atomic E-state index is 11.6. The highest BCUT2D eigenvalue weighted by molar-refractivity contribution is 5.75. The Balaban J connectivity index is 1.81. The third-order valence-electron chi connectivity index (χ3n) is 3.31. The maximum Gasteiger partial charge on any atom is 0.311 e. The standard InChI is InChI=1S/C20H21N3O3/c1-20(2,3)19(24)26-13-12-25-18-10-8-17(9-11-18)23-22-16-6-4-15(14-21)5-7-16/h4-11H,12-13H2,1-3H3/b23-22+. The van der Waals surface area contributed by atoms with Gasteiger partial charge >= 0.3 is 5.97 Å². The number of carbonyl (C=O) groups excluding carboxylic acids is 1. The third-order valence-corrected chi connectivity index (χ3v) is 3.31. The van der Waals surface area contributed by atoms with Crippen molar-refractivity contribution in [2.45, 2.75) is 20.8 Å². The fourth-order valence-corrected chi connectivity index (χ4v) is 1.84. The second-order valence-electron chi connectivity index (χ2n) is 6.59. The van der Waals surface area contributed by atoms with Gasteiger partial charge in [0, 0.05) is 0 Å². The molecule has 2 aromatic carbocycles. The number of nitrogens with zero attached hydrogens (tertiary/aromatic N) is 3. The first kappa shape index (κ1) is 19.1. The number of esters is 1.